The van der Waals surface area contributed by atoms with Gasteiger partial charge in [-0.05, 0) is 0 Å². The van der Waals surface area contributed by atoms with E-state index in [0.717, 1.165) is 19.3 Å². The van der Waals surface area contributed by atoms with Gasteiger partial charge >= 0.3 is 208 Å². The summed E-state index contributed by atoms with van der Waals surface area (Å²) in [5, 5.41) is 0. The molecule has 32 heavy (non-hydrogen) atoms. The molecule has 4 aliphatic rings. The number of hydrogen-bond donors (Lipinski definition) is 0. The van der Waals surface area contributed by atoms with E-state index >= 15 is 0 Å². The summed E-state index contributed by atoms with van der Waals surface area (Å²) in [7, 11) is 13.7. The van der Waals surface area contributed by atoms with Crippen LogP contribution >= 0.6 is 17.2 Å². The molecule has 0 radical (unpaired) electrons. The summed E-state index contributed by atoms with van der Waals surface area (Å²) in [6.45, 7) is 4.71. The molecule has 0 nitrogen and oxygen atoms in total. The van der Waals surface area contributed by atoms with Crippen molar-refractivity contribution in [3.63, 3.8) is 0 Å². The zero-order valence-corrected chi connectivity index (χ0v) is 23.7. The van der Waals surface area contributed by atoms with Crippen LogP contribution in [0.5, 0.6) is 0 Å². The van der Waals surface area contributed by atoms with Crippen molar-refractivity contribution >= 4 is 17.2 Å². The van der Waals surface area contributed by atoms with Crippen molar-refractivity contribution in [1.29, 1.82) is 0 Å². The van der Waals surface area contributed by atoms with Gasteiger partial charge in [0.15, 0.2) is 0 Å². The minimum absolute atomic E-state index is 0.321. The molecule has 0 aromatic heterocycles. The van der Waals surface area contributed by atoms with Gasteiger partial charge < -0.3 is 0 Å². The van der Waals surface area contributed by atoms with Crippen molar-refractivity contribution < 1.29 is 19.1 Å². The van der Waals surface area contributed by atoms with Crippen LogP contribution in [0.3, 0.4) is 0 Å². The first-order valence-corrected chi connectivity index (χ1v) is 22.8. The summed E-state index contributed by atoms with van der Waals surface area (Å²) >= 11 is -2.68. The van der Waals surface area contributed by atoms with Crippen LogP contribution in [-0.2, 0) is 19.1 Å². The number of rotatable bonds is 4. The van der Waals surface area contributed by atoms with Crippen LogP contribution in [0, 0.1) is 5.92 Å². The van der Waals surface area contributed by atoms with Crippen molar-refractivity contribution in [2.45, 2.75) is 49.1 Å². The SMILES string of the molecule is CCCC1=C2CCC3=C(C4c5ccccc5-c5ccccc54)C=CC(=C2C3C)[CH]1[Hf]([Cl])[Cl]. The van der Waals surface area contributed by atoms with Crippen molar-refractivity contribution in [2.24, 2.45) is 5.92 Å². The van der Waals surface area contributed by atoms with E-state index in [9.17, 15) is 0 Å². The van der Waals surface area contributed by atoms with E-state index in [1.54, 1.807) is 22.3 Å². The fourth-order valence-corrected chi connectivity index (χ4v) is 14.7. The van der Waals surface area contributed by atoms with Crippen molar-refractivity contribution in [3.8, 4) is 11.1 Å². The molecule has 0 aliphatic heterocycles. The standard InChI is InChI=1S/C29H27.2ClH.Hf/c1-3-8-19-17-20-13-14-27(21-15-16-22(19)28(20)18(21)2)29-25-11-6-4-9-23(25)24-10-5-7-12-26(24)29;;;/h4-7,9-14,17-18,29H,3,8,15-16H2,1-2H3;2*1H;/q;;;+2/p-2. The molecule has 4 aliphatic carbocycles. The Morgan fingerprint density at radius 1 is 0.875 bits per heavy atom. The molecule has 2 atom stereocenters. The van der Waals surface area contributed by atoms with Crippen LogP contribution in [0.2, 0.25) is 3.67 Å². The molecule has 1 saturated carbocycles. The summed E-state index contributed by atoms with van der Waals surface area (Å²) in [5.74, 6) is 0.774. The predicted octanol–water partition coefficient (Wildman–Crippen LogP) is 9.22. The van der Waals surface area contributed by atoms with E-state index in [2.05, 4.69) is 74.5 Å². The molecule has 2 bridgehead atoms. The third-order valence-corrected chi connectivity index (χ3v) is 15.5. The fourth-order valence-electron chi connectivity index (χ4n) is 6.77. The first-order valence-electron chi connectivity index (χ1n) is 11.8. The molecular weight excluding hydrogens is 598 g/mol. The Morgan fingerprint density at radius 3 is 2.12 bits per heavy atom. The predicted molar refractivity (Wildman–Crippen MR) is 133 cm³/mol. The molecule has 161 valence electrons. The molecule has 1 fully saturated rings. The molecule has 6 rings (SSSR count). The fraction of sp³-hybridized carbons (Fsp3) is 0.310. The van der Waals surface area contributed by atoms with Crippen LogP contribution < -0.4 is 0 Å². The summed E-state index contributed by atoms with van der Waals surface area (Å²) in [6, 6.07) is 18.0. The minimum atomic E-state index is -2.68. The maximum absolute atomic E-state index is 6.83. The Morgan fingerprint density at radius 2 is 1.50 bits per heavy atom. The summed E-state index contributed by atoms with van der Waals surface area (Å²) in [6.07, 6.45) is 9.49. The third-order valence-electron chi connectivity index (χ3n) is 7.98. The number of halogens is 2. The average Bonchev–Trinajstić information content (AvgIpc) is 3.28. The second-order valence-corrected chi connectivity index (χ2v) is 21.9. The van der Waals surface area contributed by atoms with E-state index < -0.39 is 19.1 Å². The summed E-state index contributed by atoms with van der Waals surface area (Å²) in [4.78, 5) is 0. The molecular formula is C29H27Cl2Hf. The zero-order chi connectivity index (χ0) is 22.0. The van der Waals surface area contributed by atoms with Crippen LogP contribution in [0.15, 0.2) is 94.1 Å². The van der Waals surface area contributed by atoms with Gasteiger partial charge in [-0.2, -0.15) is 0 Å². The number of allylic oxidation sites excluding steroid dienone is 8. The summed E-state index contributed by atoms with van der Waals surface area (Å²) in [5.41, 5.74) is 15.1. The van der Waals surface area contributed by atoms with Gasteiger partial charge in [0.2, 0.25) is 0 Å². The average molecular weight is 625 g/mol. The van der Waals surface area contributed by atoms with Crippen molar-refractivity contribution in [1.82, 2.24) is 0 Å². The Labute approximate surface area is 206 Å². The van der Waals surface area contributed by atoms with E-state index in [0.29, 0.717) is 15.5 Å². The quantitative estimate of drug-likeness (QED) is 0.298. The number of fused-ring (bicyclic) bond motifs is 4. The Balaban J connectivity index is 1.54. The molecule has 0 saturated heterocycles. The van der Waals surface area contributed by atoms with Crippen molar-refractivity contribution in [3.05, 3.63) is 105 Å². The Hall–Kier alpha value is -1.15. The van der Waals surface area contributed by atoms with E-state index in [-0.39, 0.29) is 0 Å². The molecule has 2 aromatic carbocycles. The van der Waals surface area contributed by atoms with Gasteiger partial charge in [0.1, 0.15) is 0 Å². The van der Waals surface area contributed by atoms with Gasteiger partial charge in [-0.25, -0.2) is 0 Å². The van der Waals surface area contributed by atoms with Crippen molar-refractivity contribution in [2.75, 3.05) is 0 Å². The van der Waals surface area contributed by atoms with E-state index in [1.165, 1.54) is 39.8 Å². The third kappa shape index (κ3) is 3.04. The number of benzene rings is 2. The van der Waals surface area contributed by atoms with Gasteiger partial charge in [0.05, 0.1) is 0 Å². The Bertz CT molecular complexity index is 1200. The normalized spacial score (nSPS) is 23.6. The monoisotopic (exact) mass is 625 g/mol. The Kier molecular flexibility index (Phi) is 5.52. The van der Waals surface area contributed by atoms with Gasteiger partial charge in [-0.3, -0.25) is 0 Å². The van der Waals surface area contributed by atoms with Crippen LogP contribution in [0.1, 0.15) is 56.6 Å². The van der Waals surface area contributed by atoms with Gasteiger partial charge in [0, 0.05) is 0 Å². The molecule has 3 heteroatoms. The first-order chi connectivity index (χ1) is 15.6. The first kappa shape index (κ1) is 21.4. The van der Waals surface area contributed by atoms with Gasteiger partial charge in [-0.1, -0.05) is 0 Å². The molecule has 0 heterocycles. The summed E-state index contributed by atoms with van der Waals surface area (Å²) < 4.78 is 0.355. The van der Waals surface area contributed by atoms with E-state index in [1.807, 2.05) is 0 Å². The zero-order valence-electron chi connectivity index (χ0n) is 18.6. The molecule has 0 spiro atoms. The topological polar surface area (TPSA) is 0 Å². The molecule has 2 aromatic rings. The van der Waals surface area contributed by atoms with Gasteiger partial charge in [-0.15, -0.1) is 0 Å². The van der Waals surface area contributed by atoms with Crippen LogP contribution in [0.4, 0.5) is 0 Å². The van der Waals surface area contributed by atoms with Crippen LogP contribution in [-0.4, -0.2) is 0 Å². The molecule has 0 N–H and O–H groups in total. The second kappa shape index (κ2) is 8.26. The molecule has 0 amide bonds. The second-order valence-electron chi connectivity index (χ2n) is 9.49. The van der Waals surface area contributed by atoms with Gasteiger partial charge in [0.25, 0.3) is 0 Å². The molecule has 2 unspecified atom stereocenters. The maximum atomic E-state index is 6.83. The van der Waals surface area contributed by atoms with Crippen LogP contribution in [0.25, 0.3) is 11.1 Å². The number of hydrogen-bond acceptors (Lipinski definition) is 0. The van der Waals surface area contributed by atoms with E-state index in [4.69, 9.17) is 17.2 Å².